The van der Waals surface area contributed by atoms with Crippen LogP contribution in [0.2, 0.25) is 0 Å². The van der Waals surface area contributed by atoms with Crippen molar-refractivity contribution in [3.05, 3.63) is 0 Å². The Bertz CT molecular complexity index is 577. The standard InChI is InChI=1S/C20H27NO/c1-9-10(2)13-5-12(9)17-14-6-15(18(13)17)20(8-21)16(14)7-22-19(20)11-3-4-11/h9-19H,3-7H2,1-2H3/t9?,10?,12-,13?,14?,15?,16?,17?,18?,19?,20?/m1/s1. The van der Waals surface area contributed by atoms with Crippen LogP contribution in [-0.2, 0) is 4.74 Å². The van der Waals surface area contributed by atoms with Gasteiger partial charge in [0, 0.05) is 5.92 Å². The topological polar surface area (TPSA) is 33.0 Å². The molecule has 6 aliphatic rings. The van der Waals surface area contributed by atoms with Crippen molar-refractivity contribution in [3.63, 3.8) is 0 Å². The molecule has 1 aliphatic heterocycles. The molecule has 6 rings (SSSR count). The van der Waals surface area contributed by atoms with Gasteiger partial charge in [-0.1, -0.05) is 13.8 Å². The Balaban J connectivity index is 1.45. The van der Waals surface area contributed by atoms with Crippen LogP contribution in [0.3, 0.4) is 0 Å². The molecule has 2 nitrogen and oxygen atoms in total. The number of hydrogen-bond donors (Lipinski definition) is 0. The second-order valence-electron chi connectivity index (χ2n) is 9.69. The molecular weight excluding hydrogens is 270 g/mol. The van der Waals surface area contributed by atoms with Gasteiger partial charge < -0.3 is 4.74 Å². The van der Waals surface area contributed by atoms with Gasteiger partial charge in [-0.2, -0.15) is 5.26 Å². The molecule has 0 spiro atoms. The fourth-order valence-corrected chi connectivity index (χ4v) is 8.65. The summed E-state index contributed by atoms with van der Waals surface area (Å²) in [7, 11) is 0. The van der Waals surface area contributed by atoms with Crippen LogP contribution < -0.4 is 0 Å². The van der Waals surface area contributed by atoms with Crippen LogP contribution in [-0.4, -0.2) is 12.7 Å². The van der Waals surface area contributed by atoms with E-state index in [1.807, 2.05) is 0 Å². The van der Waals surface area contributed by atoms with Crippen LogP contribution in [0.5, 0.6) is 0 Å². The third kappa shape index (κ3) is 1.13. The molecular formula is C20H27NO. The summed E-state index contributed by atoms with van der Waals surface area (Å²) in [6.45, 7) is 5.91. The molecule has 22 heavy (non-hydrogen) atoms. The zero-order chi connectivity index (χ0) is 14.8. The maximum absolute atomic E-state index is 10.3. The van der Waals surface area contributed by atoms with Crippen LogP contribution in [0.15, 0.2) is 0 Å². The van der Waals surface area contributed by atoms with Gasteiger partial charge in [0.2, 0.25) is 0 Å². The molecule has 1 heterocycles. The summed E-state index contributed by atoms with van der Waals surface area (Å²) in [5, 5.41) is 10.3. The summed E-state index contributed by atoms with van der Waals surface area (Å²) in [5.74, 6) is 8.33. The predicted octanol–water partition coefficient (Wildman–Crippen LogP) is 3.73. The van der Waals surface area contributed by atoms with Gasteiger partial charge in [0.15, 0.2) is 0 Å². The highest BCUT2D eigenvalue weighted by Gasteiger charge is 2.77. The highest BCUT2D eigenvalue weighted by atomic mass is 16.5. The van der Waals surface area contributed by atoms with Gasteiger partial charge in [-0.3, -0.25) is 0 Å². The van der Waals surface area contributed by atoms with E-state index in [0.717, 1.165) is 54.0 Å². The molecule has 5 saturated carbocycles. The van der Waals surface area contributed by atoms with Gasteiger partial charge >= 0.3 is 0 Å². The smallest absolute Gasteiger partial charge is 0.0921 e. The highest BCUT2D eigenvalue weighted by Crippen LogP contribution is 2.78. The van der Waals surface area contributed by atoms with Crippen molar-refractivity contribution in [3.8, 4) is 6.07 Å². The molecule has 0 aromatic carbocycles. The lowest BCUT2D eigenvalue weighted by molar-refractivity contribution is -0.0250. The molecule has 0 N–H and O–H groups in total. The summed E-state index contributed by atoms with van der Waals surface area (Å²) >= 11 is 0. The Kier molecular flexibility index (Phi) is 2.18. The summed E-state index contributed by atoms with van der Waals surface area (Å²) in [6.07, 6.45) is 5.77. The molecule has 118 valence electrons. The molecule has 2 heteroatoms. The van der Waals surface area contributed by atoms with E-state index in [1.54, 1.807) is 0 Å². The number of nitriles is 1. The Labute approximate surface area is 133 Å². The maximum atomic E-state index is 10.3. The summed E-state index contributed by atoms with van der Waals surface area (Å²) in [5.41, 5.74) is -0.0829. The van der Waals surface area contributed by atoms with Crippen molar-refractivity contribution in [2.24, 2.45) is 64.6 Å². The molecule has 0 aromatic heterocycles. The minimum absolute atomic E-state index is 0.0829. The summed E-state index contributed by atoms with van der Waals surface area (Å²) < 4.78 is 6.31. The zero-order valence-electron chi connectivity index (χ0n) is 13.7. The minimum Gasteiger partial charge on any atom is -0.376 e. The van der Waals surface area contributed by atoms with E-state index >= 15 is 0 Å². The molecule has 0 radical (unpaired) electrons. The largest absolute Gasteiger partial charge is 0.376 e. The molecule has 6 fully saturated rings. The van der Waals surface area contributed by atoms with E-state index in [2.05, 4.69) is 19.9 Å². The van der Waals surface area contributed by atoms with Crippen LogP contribution in [0.1, 0.15) is 39.5 Å². The summed E-state index contributed by atoms with van der Waals surface area (Å²) in [6, 6.07) is 2.92. The SMILES string of the molecule is CC1C2C[C@H](C1C)C1C3CC(C21)C1(C#N)C3COC1C1CC1. The average molecular weight is 297 g/mol. The van der Waals surface area contributed by atoms with E-state index in [9.17, 15) is 5.26 Å². The minimum atomic E-state index is -0.0829. The van der Waals surface area contributed by atoms with E-state index in [0.29, 0.717) is 17.9 Å². The first kappa shape index (κ1) is 12.8. The normalized spacial score (nSPS) is 67.3. The third-order valence-corrected chi connectivity index (χ3v) is 9.56. The Morgan fingerprint density at radius 2 is 1.68 bits per heavy atom. The van der Waals surface area contributed by atoms with E-state index in [-0.39, 0.29) is 5.41 Å². The van der Waals surface area contributed by atoms with Crippen LogP contribution in [0, 0.1) is 75.9 Å². The molecule has 1 saturated heterocycles. The van der Waals surface area contributed by atoms with Crippen molar-refractivity contribution in [2.45, 2.75) is 45.6 Å². The van der Waals surface area contributed by atoms with E-state index in [4.69, 9.17) is 4.74 Å². The monoisotopic (exact) mass is 297 g/mol. The molecule has 10 unspecified atom stereocenters. The number of fused-ring (bicyclic) bond motifs is 12. The van der Waals surface area contributed by atoms with Gasteiger partial charge in [0.1, 0.15) is 0 Å². The molecule has 0 amide bonds. The van der Waals surface area contributed by atoms with Crippen molar-refractivity contribution in [1.82, 2.24) is 0 Å². The van der Waals surface area contributed by atoms with Crippen molar-refractivity contribution >= 4 is 0 Å². The summed E-state index contributed by atoms with van der Waals surface area (Å²) in [4.78, 5) is 0. The van der Waals surface area contributed by atoms with E-state index < -0.39 is 0 Å². The second-order valence-corrected chi connectivity index (χ2v) is 9.69. The van der Waals surface area contributed by atoms with Gasteiger partial charge in [-0.15, -0.1) is 0 Å². The first-order valence-electron chi connectivity index (χ1n) is 9.71. The molecule has 5 aliphatic carbocycles. The second kappa shape index (κ2) is 3.75. The van der Waals surface area contributed by atoms with E-state index in [1.165, 1.54) is 25.7 Å². The molecule has 11 atom stereocenters. The molecule has 4 bridgehead atoms. The van der Waals surface area contributed by atoms with Crippen molar-refractivity contribution < 1.29 is 4.74 Å². The van der Waals surface area contributed by atoms with Gasteiger partial charge in [-0.25, -0.2) is 0 Å². The quantitative estimate of drug-likeness (QED) is 0.691. The lowest BCUT2D eigenvalue weighted by Gasteiger charge is -2.48. The third-order valence-electron chi connectivity index (χ3n) is 9.56. The maximum Gasteiger partial charge on any atom is 0.0921 e. The van der Waals surface area contributed by atoms with Gasteiger partial charge in [0.05, 0.1) is 24.2 Å². The lowest BCUT2D eigenvalue weighted by Crippen LogP contribution is -2.50. The fraction of sp³-hybridized carbons (Fsp3) is 0.950. The first-order chi connectivity index (χ1) is 10.7. The first-order valence-corrected chi connectivity index (χ1v) is 9.71. The Morgan fingerprint density at radius 3 is 2.36 bits per heavy atom. The van der Waals surface area contributed by atoms with Crippen molar-refractivity contribution in [2.75, 3.05) is 6.61 Å². The number of nitrogens with zero attached hydrogens (tertiary/aromatic N) is 1. The van der Waals surface area contributed by atoms with Gasteiger partial charge in [-0.05, 0) is 78.9 Å². The number of rotatable bonds is 1. The average Bonchev–Trinajstić information content (AvgIpc) is 2.88. The highest BCUT2D eigenvalue weighted by molar-refractivity contribution is 5.29. The van der Waals surface area contributed by atoms with Gasteiger partial charge in [0.25, 0.3) is 0 Å². The molecule has 0 aromatic rings. The van der Waals surface area contributed by atoms with Crippen LogP contribution in [0.4, 0.5) is 0 Å². The predicted molar refractivity (Wildman–Crippen MR) is 82.5 cm³/mol. The zero-order valence-corrected chi connectivity index (χ0v) is 13.7. The number of hydrogen-bond acceptors (Lipinski definition) is 2. The Morgan fingerprint density at radius 1 is 0.955 bits per heavy atom. The van der Waals surface area contributed by atoms with Crippen LogP contribution in [0.25, 0.3) is 0 Å². The lowest BCUT2D eigenvalue weighted by atomic mass is 9.53. The van der Waals surface area contributed by atoms with Crippen molar-refractivity contribution in [1.29, 1.82) is 5.26 Å². The Hall–Kier alpha value is -0.550. The fourth-order valence-electron chi connectivity index (χ4n) is 8.65. The number of ether oxygens (including phenoxy) is 1. The van der Waals surface area contributed by atoms with Crippen LogP contribution >= 0.6 is 0 Å².